The van der Waals surface area contributed by atoms with Gasteiger partial charge in [0.25, 0.3) is 0 Å². The lowest BCUT2D eigenvalue weighted by Crippen LogP contribution is -2.48. The third-order valence-corrected chi connectivity index (χ3v) is 3.16. The van der Waals surface area contributed by atoms with Crippen LogP contribution in [-0.4, -0.2) is 39.5 Å². The summed E-state index contributed by atoms with van der Waals surface area (Å²) in [6.45, 7) is 4.39. The van der Waals surface area contributed by atoms with E-state index < -0.39 is 6.04 Å². The number of piperidine rings is 1. The fourth-order valence-electron chi connectivity index (χ4n) is 2.27. The fourth-order valence-corrected chi connectivity index (χ4v) is 2.27. The van der Waals surface area contributed by atoms with E-state index in [1.54, 1.807) is 4.90 Å². The van der Waals surface area contributed by atoms with Gasteiger partial charge in [0.15, 0.2) is 0 Å². The Balaban J connectivity index is 2.33. The van der Waals surface area contributed by atoms with Gasteiger partial charge in [0.2, 0.25) is 17.8 Å². The third-order valence-electron chi connectivity index (χ3n) is 3.16. The molecule has 0 bridgehead atoms. The molecule has 1 amide bonds. The van der Waals surface area contributed by atoms with Crippen molar-refractivity contribution in [1.82, 2.24) is 15.0 Å². The lowest BCUT2D eigenvalue weighted by molar-refractivity contribution is -0.119. The Morgan fingerprint density at radius 1 is 1.38 bits per heavy atom. The average molecular weight is 295 g/mol. The number of anilines is 2. The summed E-state index contributed by atoms with van der Waals surface area (Å²) in [4.78, 5) is 25.9. The number of hydrogen-bond donors (Lipinski definition) is 3. The first kappa shape index (κ1) is 15.2. The highest BCUT2D eigenvalue weighted by atomic mass is 16.5. The summed E-state index contributed by atoms with van der Waals surface area (Å²) in [5.74, 6) is 5.52. The highest BCUT2D eigenvalue weighted by Crippen LogP contribution is 2.24. The number of ether oxygens (including phenoxy) is 1. The molecule has 0 spiro atoms. The van der Waals surface area contributed by atoms with E-state index in [0.29, 0.717) is 18.9 Å². The van der Waals surface area contributed by atoms with Crippen LogP contribution in [0.25, 0.3) is 0 Å². The minimum atomic E-state index is -0.418. The molecule has 1 atom stereocenters. The van der Waals surface area contributed by atoms with Gasteiger partial charge in [-0.25, -0.2) is 5.84 Å². The first-order valence-corrected chi connectivity index (χ1v) is 6.96. The fraction of sp³-hybridized carbons (Fsp3) is 0.667. The van der Waals surface area contributed by atoms with E-state index in [9.17, 15) is 4.79 Å². The van der Waals surface area contributed by atoms with Gasteiger partial charge in [0.05, 0.1) is 6.10 Å². The molecule has 1 aliphatic rings. The lowest BCUT2D eigenvalue weighted by Gasteiger charge is -2.33. The van der Waals surface area contributed by atoms with Crippen molar-refractivity contribution >= 4 is 17.8 Å². The molecule has 1 aromatic heterocycles. The van der Waals surface area contributed by atoms with Crippen LogP contribution in [0.15, 0.2) is 0 Å². The van der Waals surface area contributed by atoms with Gasteiger partial charge in [-0.2, -0.15) is 15.0 Å². The van der Waals surface area contributed by atoms with Crippen LogP contribution >= 0.6 is 0 Å². The second-order valence-electron chi connectivity index (χ2n) is 5.16. The van der Waals surface area contributed by atoms with E-state index in [2.05, 4.69) is 20.4 Å². The summed E-state index contributed by atoms with van der Waals surface area (Å²) >= 11 is 0. The molecule has 2 heterocycles. The number of nitrogens with two attached hydrogens (primary N) is 2. The number of primary amides is 1. The number of amides is 1. The number of nitrogen functional groups attached to an aromatic ring is 1. The molecule has 0 saturated carbocycles. The number of nitrogens with one attached hydrogen (secondary N) is 1. The van der Waals surface area contributed by atoms with Crippen molar-refractivity contribution in [2.24, 2.45) is 11.6 Å². The first-order chi connectivity index (χ1) is 10.0. The van der Waals surface area contributed by atoms with Crippen molar-refractivity contribution in [1.29, 1.82) is 0 Å². The maximum atomic E-state index is 11.6. The van der Waals surface area contributed by atoms with Crippen molar-refractivity contribution in [3.8, 4) is 6.01 Å². The zero-order valence-corrected chi connectivity index (χ0v) is 12.2. The van der Waals surface area contributed by atoms with Crippen molar-refractivity contribution in [3.63, 3.8) is 0 Å². The van der Waals surface area contributed by atoms with Crippen molar-refractivity contribution in [2.75, 3.05) is 16.9 Å². The van der Waals surface area contributed by atoms with Crippen LogP contribution < -0.4 is 26.6 Å². The topological polar surface area (TPSA) is 132 Å². The molecule has 1 aromatic rings. The zero-order chi connectivity index (χ0) is 15.4. The van der Waals surface area contributed by atoms with E-state index in [0.717, 1.165) is 12.8 Å². The Kier molecular flexibility index (Phi) is 4.73. The maximum absolute atomic E-state index is 11.6. The van der Waals surface area contributed by atoms with Gasteiger partial charge in [0, 0.05) is 6.54 Å². The third kappa shape index (κ3) is 3.69. The van der Waals surface area contributed by atoms with Gasteiger partial charge >= 0.3 is 6.01 Å². The van der Waals surface area contributed by atoms with E-state index in [1.807, 2.05) is 13.8 Å². The summed E-state index contributed by atoms with van der Waals surface area (Å²) in [5.41, 5.74) is 7.84. The van der Waals surface area contributed by atoms with Crippen molar-refractivity contribution < 1.29 is 9.53 Å². The molecule has 1 saturated heterocycles. The molecule has 0 aliphatic carbocycles. The molecule has 0 aromatic carbocycles. The molecule has 5 N–H and O–H groups in total. The van der Waals surface area contributed by atoms with E-state index in [4.69, 9.17) is 16.3 Å². The SMILES string of the molecule is CC(C)Oc1nc(NN)nc(N2CCCCC2C(N)=O)n1. The van der Waals surface area contributed by atoms with Gasteiger partial charge in [0.1, 0.15) is 6.04 Å². The molecule has 1 unspecified atom stereocenters. The quantitative estimate of drug-likeness (QED) is 0.502. The largest absolute Gasteiger partial charge is 0.461 e. The highest BCUT2D eigenvalue weighted by Gasteiger charge is 2.29. The highest BCUT2D eigenvalue weighted by molar-refractivity contribution is 5.83. The van der Waals surface area contributed by atoms with Gasteiger partial charge in [-0.1, -0.05) is 0 Å². The van der Waals surface area contributed by atoms with Crippen molar-refractivity contribution in [3.05, 3.63) is 0 Å². The van der Waals surface area contributed by atoms with Gasteiger partial charge in [-0.15, -0.1) is 0 Å². The van der Waals surface area contributed by atoms with E-state index in [1.165, 1.54) is 0 Å². The number of carbonyl (C=O) groups is 1. The number of carbonyl (C=O) groups excluding carboxylic acids is 1. The lowest BCUT2D eigenvalue weighted by atomic mass is 10.0. The molecular weight excluding hydrogens is 274 g/mol. The summed E-state index contributed by atoms with van der Waals surface area (Å²) in [7, 11) is 0. The van der Waals surface area contributed by atoms with Crippen LogP contribution in [0.1, 0.15) is 33.1 Å². The zero-order valence-electron chi connectivity index (χ0n) is 12.2. The summed E-state index contributed by atoms with van der Waals surface area (Å²) in [6.07, 6.45) is 2.50. The number of aromatic nitrogens is 3. The van der Waals surface area contributed by atoms with E-state index in [-0.39, 0.29) is 24.0 Å². The minimum absolute atomic E-state index is 0.0841. The maximum Gasteiger partial charge on any atom is 0.323 e. The molecule has 0 radical (unpaired) electrons. The molecule has 9 heteroatoms. The Morgan fingerprint density at radius 3 is 2.76 bits per heavy atom. The minimum Gasteiger partial charge on any atom is -0.461 e. The number of hydrogen-bond acceptors (Lipinski definition) is 8. The Labute approximate surface area is 123 Å². The summed E-state index contributed by atoms with van der Waals surface area (Å²) in [5, 5.41) is 0. The van der Waals surface area contributed by atoms with Crippen LogP contribution in [-0.2, 0) is 4.79 Å². The van der Waals surface area contributed by atoms with Crippen LogP contribution in [0.3, 0.4) is 0 Å². The van der Waals surface area contributed by atoms with Gasteiger partial charge in [-0.3, -0.25) is 10.2 Å². The molecule has 116 valence electrons. The van der Waals surface area contributed by atoms with Crippen LogP contribution in [0.5, 0.6) is 6.01 Å². The number of nitrogens with zero attached hydrogens (tertiary/aromatic N) is 4. The number of hydrazine groups is 1. The van der Waals surface area contributed by atoms with Crippen molar-refractivity contribution in [2.45, 2.75) is 45.3 Å². The second-order valence-corrected chi connectivity index (χ2v) is 5.16. The molecule has 9 nitrogen and oxygen atoms in total. The molecule has 2 rings (SSSR count). The van der Waals surface area contributed by atoms with Crippen LogP contribution in [0.2, 0.25) is 0 Å². The second kappa shape index (κ2) is 6.53. The first-order valence-electron chi connectivity index (χ1n) is 6.96. The average Bonchev–Trinajstić information content (AvgIpc) is 2.46. The number of rotatable bonds is 5. The molecular formula is C12H21N7O2. The smallest absolute Gasteiger partial charge is 0.323 e. The summed E-state index contributed by atoms with van der Waals surface area (Å²) < 4.78 is 5.48. The van der Waals surface area contributed by atoms with Crippen LogP contribution in [0, 0.1) is 0 Å². The Hall–Kier alpha value is -2.16. The normalized spacial score (nSPS) is 18.7. The van der Waals surface area contributed by atoms with Gasteiger partial charge in [-0.05, 0) is 33.1 Å². The summed E-state index contributed by atoms with van der Waals surface area (Å²) in [6, 6.07) is -0.254. The monoisotopic (exact) mass is 295 g/mol. The van der Waals surface area contributed by atoms with Crippen LogP contribution in [0.4, 0.5) is 11.9 Å². The predicted octanol–water partition coefficient (Wildman–Crippen LogP) is -0.211. The Morgan fingerprint density at radius 2 is 2.14 bits per heavy atom. The molecule has 1 fully saturated rings. The van der Waals surface area contributed by atoms with Gasteiger partial charge < -0.3 is 15.4 Å². The predicted molar refractivity (Wildman–Crippen MR) is 77.6 cm³/mol. The Bertz CT molecular complexity index is 508. The van der Waals surface area contributed by atoms with E-state index >= 15 is 0 Å². The molecule has 1 aliphatic heterocycles. The standard InChI is InChI=1S/C12H21N7O2/c1-7(2)21-12-16-10(18-14)15-11(17-12)19-6-4-3-5-8(19)9(13)20/h7-8H,3-6,14H2,1-2H3,(H2,13,20)(H,15,16,17,18). The molecule has 21 heavy (non-hydrogen) atoms.